The largest absolute Gasteiger partial charge is 0.490 e. The molecule has 1 aromatic carbocycles. The van der Waals surface area contributed by atoms with Crippen molar-refractivity contribution in [3.8, 4) is 18.1 Å². The van der Waals surface area contributed by atoms with Gasteiger partial charge in [-0.05, 0) is 98.8 Å². The number of benzene rings is 1. The Morgan fingerprint density at radius 2 is 1.96 bits per heavy atom. The van der Waals surface area contributed by atoms with Gasteiger partial charge in [0.15, 0.2) is 5.60 Å². The fraction of sp³-hybridized carbons (Fsp3) is 0.680. The molecule has 0 radical (unpaired) electrons. The molecule has 1 aromatic rings. The fourth-order valence-electron chi connectivity index (χ4n) is 7.11. The van der Waals surface area contributed by atoms with E-state index in [1.165, 1.54) is 36.8 Å². The molecule has 5 rings (SSSR count). The van der Waals surface area contributed by atoms with Crippen LogP contribution < -0.4 is 4.74 Å². The lowest BCUT2D eigenvalue weighted by molar-refractivity contribution is -0.101. The molecule has 0 spiro atoms. The Morgan fingerprint density at radius 1 is 1.18 bits per heavy atom. The molecule has 0 saturated heterocycles. The minimum Gasteiger partial charge on any atom is -0.490 e. The van der Waals surface area contributed by atoms with Crippen LogP contribution in [0.5, 0.6) is 5.75 Å². The average Bonchev–Trinajstić information content (AvgIpc) is 3.27. The number of hydrogen-bond donors (Lipinski definition) is 2. The minimum absolute atomic E-state index is 0.282. The molecule has 4 aliphatic carbocycles. The molecular formula is C25H32O3. The first-order chi connectivity index (χ1) is 13.5. The van der Waals surface area contributed by atoms with Crippen LogP contribution in [0.15, 0.2) is 18.2 Å². The van der Waals surface area contributed by atoms with Gasteiger partial charge in [0.1, 0.15) is 5.75 Å². The molecule has 150 valence electrons. The van der Waals surface area contributed by atoms with Crippen molar-refractivity contribution in [2.75, 3.05) is 0 Å². The summed E-state index contributed by atoms with van der Waals surface area (Å²) in [6.07, 6.45) is 14.9. The summed E-state index contributed by atoms with van der Waals surface area (Å²) in [4.78, 5) is 0. The van der Waals surface area contributed by atoms with Crippen LogP contribution in [-0.4, -0.2) is 28.0 Å². The fourth-order valence-corrected chi connectivity index (χ4v) is 7.11. The Balaban J connectivity index is 1.41. The zero-order valence-electron chi connectivity index (χ0n) is 16.9. The summed E-state index contributed by atoms with van der Waals surface area (Å²) in [7, 11) is 0. The van der Waals surface area contributed by atoms with Gasteiger partial charge in [-0.15, -0.1) is 6.42 Å². The highest BCUT2D eigenvalue weighted by molar-refractivity contribution is 5.41. The summed E-state index contributed by atoms with van der Waals surface area (Å²) in [6, 6.07) is 6.73. The lowest BCUT2D eigenvalue weighted by Crippen LogP contribution is -2.53. The lowest BCUT2D eigenvalue weighted by Gasteiger charge is -2.52. The summed E-state index contributed by atoms with van der Waals surface area (Å²) in [5.74, 6) is 4.89. The summed E-state index contributed by atoms with van der Waals surface area (Å²) in [5, 5.41) is 21.7. The van der Waals surface area contributed by atoms with E-state index in [9.17, 15) is 10.2 Å². The maximum absolute atomic E-state index is 11.1. The van der Waals surface area contributed by atoms with Crippen molar-refractivity contribution in [2.24, 2.45) is 17.3 Å². The van der Waals surface area contributed by atoms with Gasteiger partial charge in [0, 0.05) is 5.41 Å². The molecule has 0 aromatic heterocycles. The predicted molar refractivity (Wildman–Crippen MR) is 109 cm³/mol. The summed E-state index contributed by atoms with van der Waals surface area (Å²) < 4.78 is 6.23. The van der Waals surface area contributed by atoms with Crippen LogP contribution in [0.3, 0.4) is 0 Å². The number of aliphatic hydroxyl groups is 2. The van der Waals surface area contributed by atoms with Crippen molar-refractivity contribution in [3.05, 3.63) is 29.3 Å². The average molecular weight is 381 g/mol. The maximum atomic E-state index is 11.1. The van der Waals surface area contributed by atoms with Crippen molar-refractivity contribution < 1.29 is 14.9 Å². The Kier molecular flexibility index (Phi) is 4.30. The number of rotatable bonds is 2. The number of aryl methyl sites for hydroxylation is 1. The van der Waals surface area contributed by atoms with E-state index >= 15 is 0 Å². The van der Waals surface area contributed by atoms with Crippen LogP contribution in [-0.2, 0) is 6.42 Å². The van der Waals surface area contributed by atoms with Crippen molar-refractivity contribution in [2.45, 2.75) is 88.4 Å². The molecule has 0 bridgehead atoms. The predicted octanol–water partition coefficient (Wildman–Crippen LogP) is 4.20. The van der Waals surface area contributed by atoms with E-state index < -0.39 is 11.7 Å². The molecular weight excluding hydrogens is 348 g/mol. The van der Waals surface area contributed by atoms with Crippen molar-refractivity contribution in [1.29, 1.82) is 0 Å². The molecule has 0 amide bonds. The Morgan fingerprint density at radius 3 is 2.71 bits per heavy atom. The third-order valence-electron chi connectivity index (χ3n) is 8.74. The van der Waals surface area contributed by atoms with Crippen LogP contribution >= 0.6 is 0 Å². The van der Waals surface area contributed by atoms with Gasteiger partial charge in [-0.2, -0.15) is 0 Å². The van der Waals surface area contributed by atoms with E-state index in [4.69, 9.17) is 11.2 Å². The van der Waals surface area contributed by atoms with Crippen molar-refractivity contribution in [3.63, 3.8) is 0 Å². The second-order valence-electron chi connectivity index (χ2n) is 9.92. The van der Waals surface area contributed by atoms with Gasteiger partial charge in [0.05, 0.1) is 12.2 Å². The van der Waals surface area contributed by atoms with Crippen LogP contribution in [0.1, 0.15) is 75.3 Å². The maximum Gasteiger partial charge on any atom is 0.156 e. The van der Waals surface area contributed by atoms with E-state index in [-0.39, 0.29) is 11.3 Å². The van der Waals surface area contributed by atoms with E-state index in [2.05, 4.69) is 31.0 Å². The molecule has 28 heavy (non-hydrogen) atoms. The molecule has 4 aliphatic rings. The normalized spacial score (nSPS) is 42.4. The third-order valence-corrected chi connectivity index (χ3v) is 8.74. The quantitative estimate of drug-likeness (QED) is 0.756. The molecule has 2 N–H and O–H groups in total. The molecule has 4 unspecified atom stereocenters. The number of fused-ring (bicyclic) bond motifs is 5. The minimum atomic E-state index is -1.39. The van der Waals surface area contributed by atoms with E-state index in [0.29, 0.717) is 24.4 Å². The lowest BCUT2D eigenvalue weighted by atomic mass is 9.53. The van der Waals surface area contributed by atoms with E-state index in [1.807, 2.05) is 0 Å². The molecule has 0 heterocycles. The van der Waals surface area contributed by atoms with Gasteiger partial charge in [-0.3, -0.25) is 0 Å². The van der Waals surface area contributed by atoms with Gasteiger partial charge in [0.25, 0.3) is 0 Å². The first-order valence-electron chi connectivity index (χ1n) is 11.1. The summed E-state index contributed by atoms with van der Waals surface area (Å²) >= 11 is 0. The number of ether oxygens (including phenoxy) is 1. The Hall–Kier alpha value is -1.50. The molecule has 0 aliphatic heterocycles. The second-order valence-corrected chi connectivity index (χ2v) is 9.92. The highest BCUT2D eigenvalue weighted by Crippen LogP contribution is 2.64. The molecule has 3 heteroatoms. The van der Waals surface area contributed by atoms with E-state index in [1.54, 1.807) is 0 Å². The van der Waals surface area contributed by atoms with Crippen LogP contribution in [0.25, 0.3) is 0 Å². The summed E-state index contributed by atoms with van der Waals surface area (Å²) in [5.41, 5.74) is 1.13. The van der Waals surface area contributed by atoms with Crippen LogP contribution in [0, 0.1) is 29.6 Å². The van der Waals surface area contributed by atoms with Gasteiger partial charge < -0.3 is 14.9 Å². The van der Waals surface area contributed by atoms with Crippen LogP contribution in [0.2, 0.25) is 0 Å². The third kappa shape index (κ3) is 2.50. The van der Waals surface area contributed by atoms with Crippen LogP contribution in [0.4, 0.5) is 0 Å². The first kappa shape index (κ1) is 18.5. The molecule has 6 atom stereocenters. The second kappa shape index (κ2) is 6.51. The topological polar surface area (TPSA) is 49.7 Å². The number of terminal acetylenes is 1. The monoisotopic (exact) mass is 380 g/mol. The molecule has 3 fully saturated rings. The van der Waals surface area contributed by atoms with Gasteiger partial charge in [-0.1, -0.05) is 18.9 Å². The molecule has 3 saturated carbocycles. The Labute approximate surface area is 168 Å². The summed E-state index contributed by atoms with van der Waals surface area (Å²) in [6.45, 7) is 2.11. The first-order valence-corrected chi connectivity index (χ1v) is 11.1. The van der Waals surface area contributed by atoms with Gasteiger partial charge in [-0.25, -0.2) is 0 Å². The highest BCUT2D eigenvalue weighted by Gasteiger charge is 2.65. The van der Waals surface area contributed by atoms with Gasteiger partial charge in [0.2, 0.25) is 0 Å². The number of hydrogen-bond acceptors (Lipinski definition) is 3. The SMILES string of the molecule is C#C[C@]1(O)C(O)CC2C3CCc4cc(OC5CCCC5)ccc4C3CC[C@@]21C. The Bertz CT molecular complexity index is 805. The van der Waals surface area contributed by atoms with Crippen molar-refractivity contribution >= 4 is 0 Å². The molecule has 3 nitrogen and oxygen atoms in total. The zero-order valence-corrected chi connectivity index (χ0v) is 16.9. The van der Waals surface area contributed by atoms with Crippen molar-refractivity contribution in [1.82, 2.24) is 0 Å². The highest BCUT2D eigenvalue weighted by atomic mass is 16.5. The van der Waals surface area contributed by atoms with E-state index in [0.717, 1.165) is 31.4 Å². The number of aliphatic hydroxyl groups excluding tert-OH is 1. The smallest absolute Gasteiger partial charge is 0.156 e. The zero-order chi connectivity index (χ0) is 19.5. The van der Waals surface area contributed by atoms with Gasteiger partial charge >= 0.3 is 0 Å². The standard InChI is InChI=1S/C25H32O3/c1-3-25(27)23(26)15-22-21-10-8-16-14-18(28-17-6-4-5-7-17)9-11-19(16)20(21)12-13-24(22,25)2/h1,9,11,14,17,20-23,26-27H,4-8,10,12-13,15H2,2H3/t20?,21?,22?,23?,24-,25-/m0/s1.